The molecule has 0 aliphatic carbocycles. The molecular weight excluding hydrogens is 591 g/mol. The van der Waals surface area contributed by atoms with Crippen molar-refractivity contribution in [2.45, 2.75) is 44.2 Å². The lowest BCUT2D eigenvalue weighted by Gasteiger charge is -2.32. The van der Waals surface area contributed by atoms with Crippen molar-refractivity contribution in [1.82, 2.24) is 10.2 Å². The molecule has 3 aromatic rings. The van der Waals surface area contributed by atoms with Gasteiger partial charge < -0.3 is 10.2 Å². The van der Waals surface area contributed by atoms with Gasteiger partial charge in [-0.05, 0) is 49.2 Å². The van der Waals surface area contributed by atoms with E-state index >= 15 is 0 Å². The average Bonchev–Trinajstić information content (AvgIpc) is 2.95. The SMILES string of the molecule is CCCCNC(=O)C(C)N(Cc1ccc(Cl)cc1Cl)C(=O)CN(c1cccc([N+](=O)[O-])c1)S(=O)(=O)c1ccccc1. The molecule has 0 fully saturated rings. The molecule has 1 N–H and O–H groups in total. The van der Waals surface area contributed by atoms with Crippen LogP contribution in [0.3, 0.4) is 0 Å². The second-order valence-corrected chi connectivity index (χ2v) is 11.9. The summed E-state index contributed by atoms with van der Waals surface area (Å²) in [7, 11) is -4.36. The number of nitro benzene ring substituents is 1. The molecular formula is C28H30Cl2N4O6S. The number of sulfonamides is 1. The first-order valence-electron chi connectivity index (χ1n) is 12.8. The molecule has 1 unspecified atom stereocenters. The molecule has 0 aliphatic rings. The maximum absolute atomic E-state index is 13.9. The summed E-state index contributed by atoms with van der Waals surface area (Å²) in [5, 5.41) is 14.9. The zero-order valence-corrected chi connectivity index (χ0v) is 24.8. The minimum absolute atomic E-state index is 0.0825. The number of non-ortho nitro benzene ring substituents is 1. The Morgan fingerprint density at radius 1 is 1.02 bits per heavy atom. The third kappa shape index (κ3) is 8.18. The maximum Gasteiger partial charge on any atom is 0.271 e. The lowest BCUT2D eigenvalue weighted by molar-refractivity contribution is -0.384. The van der Waals surface area contributed by atoms with Gasteiger partial charge in [-0.3, -0.25) is 24.0 Å². The van der Waals surface area contributed by atoms with Crippen molar-refractivity contribution in [1.29, 1.82) is 0 Å². The summed E-state index contributed by atoms with van der Waals surface area (Å²) < 4.78 is 28.3. The molecule has 0 radical (unpaired) electrons. The predicted octanol–water partition coefficient (Wildman–Crippen LogP) is 5.43. The summed E-state index contributed by atoms with van der Waals surface area (Å²) in [6.07, 6.45) is 1.60. The molecule has 3 aromatic carbocycles. The van der Waals surface area contributed by atoms with Crippen molar-refractivity contribution in [2.24, 2.45) is 0 Å². The molecule has 3 rings (SSSR count). The Balaban J connectivity index is 2.05. The van der Waals surface area contributed by atoms with E-state index in [1.807, 2.05) is 6.92 Å². The van der Waals surface area contributed by atoms with Crippen LogP contribution in [-0.2, 0) is 26.2 Å². The van der Waals surface area contributed by atoms with Crippen molar-refractivity contribution in [3.8, 4) is 0 Å². The molecule has 2 amide bonds. The summed E-state index contributed by atoms with van der Waals surface area (Å²) >= 11 is 12.4. The number of carbonyl (C=O) groups excluding carboxylic acids is 2. The van der Waals surface area contributed by atoms with E-state index < -0.39 is 39.3 Å². The van der Waals surface area contributed by atoms with Crippen LogP contribution >= 0.6 is 23.2 Å². The van der Waals surface area contributed by atoms with Crippen LogP contribution in [0.4, 0.5) is 11.4 Å². The quantitative estimate of drug-likeness (QED) is 0.154. The maximum atomic E-state index is 13.9. The number of hydrogen-bond donors (Lipinski definition) is 1. The molecule has 0 spiro atoms. The molecule has 0 bridgehead atoms. The normalized spacial score (nSPS) is 11.9. The fraction of sp³-hybridized carbons (Fsp3) is 0.286. The molecule has 0 aromatic heterocycles. The van der Waals surface area contributed by atoms with Crippen LogP contribution in [0.1, 0.15) is 32.3 Å². The number of unbranched alkanes of at least 4 members (excludes halogenated alkanes) is 1. The fourth-order valence-electron chi connectivity index (χ4n) is 3.96. The minimum Gasteiger partial charge on any atom is -0.354 e. The smallest absolute Gasteiger partial charge is 0.271 e. The largest absolute Gasteiger partial charge is 0.354 e. The van der Waals surface area contributed by atoms with E-state index in [0.717, 1.165) is 23.2 Å². The molecule has 0 aliphatic heterocycles. The van der Waals surface area contributed by atoms with Crippen molar-refractivity contribution in [3.63, 3.8) is 0 Å². The molecule has 10 nitrogen and oxygen atoms in total. The third-order valence-electron chi connectivity index (χ3n) is 6.29. The van der Waals surface area contributed by atoms with Crippen molar-refractivity contribution < 1.29 is 22.9 Å². The van der Waals surface area contributed by atoms with Crippen LogP contribution in [0.15, 0.2) is 77.7 Å². The Labute approximate surface area is 249 Å². The van der Waals surface area contributed by atoms with Gasteiger partial charge in [0.05, 0.1) is 15.5 Å². The number of nitro groups is 1. The Morgan fingerprint density at radius 2 is 1.73 bits per heavy atom. The minimum atomic E-state index is -4.36. The summed E-state index contributed by atoms with van der Waals surface area (Å²) in [6.45, 7) is 3.06. The van der Waals surface area contributed by atoms with Crippen LogP contribution in [0.2, 0.25) is 10.0 Å². The van der Waals surface area contributed by atoms with E-state index in [1.54, 1.807) is 18.2 Å². The first-order chi connectivity index (χ1) is 19.4. The van der Waals surface area contributed by atoms with E-state index in [-0.39, 0.29) is 27.8 Å². The third-order valence-corrected chi connectivity index (χ3v) is 8.67. The second-order valence-electron chi connectivity index (χ2n) is 9.18. The lowest BCUT2D eigenvalue weighted by Crippen LogP contribution is -2.51. The van der Waals surface area contributed by atoms with E-state index in [0.29, 0.717) is 17.1 Å². The number of nitrogens with one attached hydrogen (secondary N) is 1. The number of carbonyl (C=O) groups is 2. The van der Waals surface area contributed by atoms with Crippen LogP contribution < -0.4 is 9.62 Å². The first-order valence-corrected chi connectivity index (χ1v) is 15.0. The zero-order chi connectivity index (χ0) is 30.2. The van der Waals surface area contributed by atoms with E-state index in [4.69, 9.17) is 23.2 Å². The van der Waals surface area contributed by atoms with Gasteiger partial charge in [0.15, 0.2) is 0 Å². The van der Waals surface area contributed by atoms with Crippen LogP contribution in [0, 0.1) is 10.1 Å². The highest BCUT2D eigenvalue weighted by Crippen LogP contribution is 2.28. The molecule has 41 heavy (non-hydrogen) atoms. The van der Waals surface area contributed by atoms with Crippen LogP contribution in [0.25, 0.3) is 0 Å². The zero-order valence-electron chi connectivity index (χ0n) is 22.5. The summed E-state index contributed by atoms with van der Waals surface area (Å²) in [6, 6.07) is 16.1. The molecule has 1 atom stereocenters. The summed E-state index contributed by atoms with van der Waals surface area (Å²) in [5.41, 5.74) is 0.0584. The van der Waals surface area contributed by atoms with Gasteiger partial charge in [0, 0.05) is 35.3 Å². The van der Waals surface area contributed by atoms with Crippen molar-refractivity contribution >= 4 is 56.4 Å². The number of rotatable bonds is 13. The van der Waals surface area contributed by atoms with E-state index in [1.165, 1.54) is 60.4 Å². The highest BCUT2D eigenvalue weighted by molar-refractivity contribution is 7.92. The number of halogens is 2. The highest BCUT2D eigenvalue weighted by Gasteiger charge is 2.33. The van der Waals surface area contributed by atoms with E-state index in [9.17, 15) is 28.1 Å². The molecule has 0 saturated carbocycles. The van der Waals surface area contributed by atoms with Crippen LogP contribution in [0.5, 0.6) is 0 Å². The van der Waals surface area contributed by atoms with Crippen LogP contribution in [-0.4, -0.2) is 49.2 Å². The van der Waals surface area contributed by atoms with Gasteiger partial charge in [0.25, 0.3) is 15.7 Å². The van der Waals surface area contributed by atoms with Crippen molar-refractivity contribution in [3.05, 3.63) is 98.5 Å². The topological polar surface area (TPSA) is 130 Å². The van der Waals surface area contributed by atoms with Gasteiger partial charge in [-0.25, -0.2) is 8.42 Å². The van der Waals surface area contributed by atoms with Gasteiger partial charge in [0.2, 0.25) is 11.8 Å². The van der Waals surface area contributed by atoms with Gasteiger partial charge in [0.1, 0.15) is 12.6 Å². The highest BCUT2D eigenvalue weighted by atomic mass is 35.5. The van der Waals surface area contributed by atoms with Gasteiger partial charge in [-0.2, -0.15) is 0 Å². The Bertz CT molecular complexity index is 1500. The monoisotopic (exact) mass is 620 g/mol. The number of benzene rings is 3. The lowest BCUT2D eigenvalue weighted by atomic mass is 10.1. The fourth-order valence-corrected chi connectivity index (χ4v) is 5.86. The Kier molecular flexibility index (Phi) is 11.1. The predicted molar refractivity (Wildman–Crippen MR) is 158 cm³/mol. The van der Waals surface area contributed by atoms with E-state index in [2.05, 4.69) is 5.32 Å². The van der Waals surface area contributed by atoms with Gasteiger partial charge in [-0.15, -0.1) is 0 Å². The van der Waals surface area contributed by atoms with Crippen molar-refractivity contribution in [2.75, 3.05) is 17.4 Å². The molecule has 0 heterocycles. The number of nitrogens with zero attached hydrogens (tertiary/aromatic N) is 3. The number of anilines is 1. The Morgan fingerprint density at radius 3 is 2.37 bits per heavy atom. The molecule has 13 heteroatoms. The Hall–Kier alpha value is -3.67. The number of amides is 2. The molecule has 218 valence electrons. The average molecular weight is 622 g/mol. The molecule has 0 saturated heterocycles. The number of hydrogen-bond acceptors (Lipinski definition) is 6. The summed E-state index contributed by atoms with van der Waals surface area (Å²) in [4.78, 5) is 38.8. The standard InChI is InChI=1S/C28H30Cl2N4O6S/c1-3-4-15-31-28(36)20(2)32(18-21-13-14-22(29)16-26(21)30)27(35)19-33(23-9-8-10-24(17-23)34(37)38)41(39,40)25-11-6-5-7-12-25/h5-14,16-17,20H,3-4,15,18-19H2,1-2H3,(H,31,36). The summed E-state index contributed by atoms with van der Waals surface area (Å²) in [5.74, 6) is -1.15. The van der Waals surface area contributed by atoms with Gasteiger partial charge >= 0.3 is 0 Å². The van der Waals surface area contributed by atoms with Gasteiger partial charge in [-0.1, -0.05) is 66.9 Å². The second kappa shape index (κ2) is 14.3. The first kappa shape index (κ1) is 31.9.